The second kappa shape index (κ2) is 6.88. The summed E-state index contributed by atoms with van der Waals surface area (Å²) in [6.45, 7) is 11.0. The van der Waals surface area contributed by atoms with E-state index in [1.54, 1.807) is 0 Å². The molecule has 1 saturated heterocycles. The van der Waals surface area contributed by atoms with Crippen LogP contribution in [0.4, 0.5) is 0 Å². The molecule has 0 radical (unpaired) electrons. The topological polar surface area (TPSA) is 24.5 Å². The van der Waals surface area contributed by atoms with E-state index >= 15 is 0 Å². The molecule has 0 amide bonds. The molecular weight excluding hydrogens is 224 g/mol. The molecule has 0 bridgehead atoms. The first-order valence-electron chi connectivity index (χ1n) is 7.72. The van der Waals surface area contributed by atoms with Gasteiger partial charge in [-0.1, -0.05) is 19.3 Å². The number of hydrogen-bond acceptors (Lipinski definition) is 3. The zero-order valence-electron chi connectivity index (χ0n) is 12.2. The first-order valence-corrected chi connectivity index (χ1v) is 7.72. The standard InChI is InChI=1S/C15H30N2O/c1-15(2,17-8-10-18-11-9-17)13-16-12-14-6-4-3-5-7-14/h14,16H,3-13H2,1-2H3. The van der Waals surface area contributed by atoms with Crippen LogP contribution >= 0.6 is 0 Å². The molecule has 0 atom stereocenters. The Hall–Kier alpha value is -0.120. The minimum absolute atomic E-state index is 0.262. The maximum absolute atomic E-state index is 5.43. The predicted molar refractivity (Wildman–Crippen MR) is 75.9 cm³/mol. The lowest BCUT2D eigenvalue weighted by Crippen LogP contribution is -2.55. The lowest BCUT2D eigenvalue weighted by Gasteiger charge is -2.41. The molecule has 3 heteroatoms. The fourth-order valence-electron chi connectivity index (χ4n) is 3.25. The molecule has 0 unspecified atom stereocenters. The van der Waals surface area contributed by atoms with Gasteiger partial charge in [0.25, 0.3) is 0 Å². The van der Waals surface area contributed by atoms with Gasteiger partial charge < -0.3 is 10.1 Å². The Balaban J connectivity index is 1.67. The highest BCUT2D eigenvalue weighted by molar-refractivity contribution is 4.85. The summed E-state index contributed by atoms with van der Waals surface area (Å²) < 4.78 is 5.43. The van der Waals surface area contributed by atoms with Crippen molar-refractivity contribution in [3.8, 4) is 0 Å². The average molecular weight is 254 g/mol. The maximum Gasteiger partial charge on any atom is 0.0594 e. The first-order chi connectivity index (χ1) is 8.68. The van der Waals surface area contributed by atoms with Crippen LogP contribution in [0.25, 0.3) is 0 Å². The van der Waals surface area contributed by atoms with Gasteiger partial charge in [-0.25, -0.2) is 0 Å². The minimum atomic E-state index is 0.262. The van der Waals surface area contributed by atoms with E-state index in [1.807, 2.05) is 0 Å². The summed E-state index contributed by atoms with van der Waals surface area (Å²) in [6.07, 6.45) is 7.21. The molecule has 2 fully saturated rings. The summed E-state index contributed by atoms with van der Waals surface area (Å²) in [4.78, 5) is 2.56. The molecule has 18 heavy (non-hydrogen) atoms. The molecule has 0 aromatic heterocycles. The van der Waals surface area contributed by atoms with Crippen molar-refractivity contribution in [1.82, 2.24) is 10.2 Å². The summed E-state index contributed by atoms with van der Waals surface area (Å²) >= 11 is 0. The Morgan fingerprint density at radius 3 is 2.44 bits per heavy atom. The molecule has 2 aliphatic rings. The molecule has 106 valence electrons. The Labute approximate surface area is 112 Å². The van der Waals surface area contributed by atoms with Gasteiger partial charge >= 0.3 is 0 Å². The number of rotatable bonds is 5. The SMILES string of the molecule is CC(C)(CNCC1CCCCC1)N1CCOCC1. The molecule has 1 aliphatic heterocycles. The number of hydrogen-bond donors (Lipinski definition) is 1. The van der Waals surface area contributed by atoms with Gasteiger partial charge in [-0.15, -0.1) is 0 Å². The van der Waals surface area contributed by atoms with Crippen LogP contribution in [0.2, 0.25) is 0 Å². The van der Waals surface area contributed by atoms with Crippen molar-refractivity contribution in [2.45, 2.75) is 51.5 Å². The van der Waals surface area contributed by atoms with Gasteiger partial charge in [0.15, 0.2) is 0 Å². The summed E-state index contributed by atoms with van der Waals surface area (Å²) in [5.41, 5.74) is 0.262. The summed E-state index contributed by atoms with van der Waals surface area (Å²) in [5, 5.41) is 3.71. The number of nitrogens with one attached hydrogen (secondary N) is 1. The van der Waals surface area contributed by atoms with Gasteiger partial charge in [0.2, 0.25) is 0 Å². The molecule has 0 spiro atoms. The third-order valence-electron chi connectivity index (χ3n) is 4.58. The van der Waals surface area contributed by atoms with Crippen LogP contribution < -0.4 is 5.32 Å². The van der Waals surface area contributed by atoms with E-state index in [-0.39, 0.29) is 5.54 Å². The number of morpholine rings is 1. The predicted octanol–water partition coefficient (Wildman–Crippen LogP) is 2.27. The highest BCUT2D eigenvalue weighted by atomic mass is 16.5. The van der Waals surface area contributed by atoms with Gasteiger partial charge in [0.1, 0.15) is 0 Å². The quantitative estimate of drug-likeness (QED) is 0.814. The number of nitrogens with zero attached hydrogens (tertiary/aromatic N) is 1. The zero-order chi connectivity index (χ0) is 12.8. The Kier molecular flexibility index (Phi) is 5.46. The van der Waals surface area contributed by atoms with Crippen molar-refractivity contribution in [3.05, 3.63) is 0 Å². The lowest BCUT2D eigenvalue weighted by atomic mass is 9.89. The molecule has 3 nitrogen and oxygen atoms in total. The van der Waals surface area contributed by atoms with Crippen molar-refractivity contribution in [1.29, 1.82) is 0 Å². The molecule has 2 rings (SSSR count). The van der Waals surface area contributed by atoms with E-state index < -0.39 is 0 Å². The van der Waals surface area contributed by atoms with Gasteiger partial charge in [-0.2, -0.15) is 0 Å². The molecule has 1 aliphatic carbocycles. The third-order valence-corrected chi connectivity index (χ3v) is 4.58. The van der Waals surface area contributed by atoms with Crippen molar-refractivity contribution >= 4 is 0 Å². The van der Waals surface area contributed by atoms with Crippen LogP contribution in [-0.4, -0.2) is 49.8 Å². The highest BCUT2D eigenvalue weighted by Crippen LogP contribution is 2.23. The summed E-state index contributed by atoms with van der Waals surface area (Å²) in [6, 6.07) is 0. The van der Waals surface area contributed by atoms with Crippen molar-refractivity contribution < 1.29 is 4.74 Å². The van der Waals surface area contributed by atoms with Crippen LogP contribution in [0.1, 0.15) is 46.0 Å². The molecular formula is C15H30N2O. The average Bonchev–Trinajstić information content (AvgIpc) is 2.41. The Morgan fingerprint density at radius 2 is 1.78 bits per heavy atom. The van der Waals surface area contributed by atoms with Crippen LogP contribution in [0.15, 0.2) is 0 Å². The van der Waals surface area contributed by atoms with E-state index in [1.165, 1.54) is 38.6 Å². The normalized spacial score (nSPS) is 24.3. The highest BCUT2D eigenvalue weighted by Gasteiger charge is 2.28. The first kappa shape index (κ1) is 14.3. The van der Waals surface area contributed by atoms with Crippen molar-refractivity contribution in [2.24, 2.45) is 5.92 Å². The second-order valence-electron chi connectivity index (χ2n) is 6.55. The third kappa shape index (κ3) is 4.22. The molecule has 1 heterocycles. The molecule has 0 aromatic carbocycles. The van der Waals surface area contributed by atoms with Gasteiger partial charge in [0.05, 0.1) is 13.2 Å². The van der Waals surface area contributed by atoms with Crippen LogP contribution in [0, 0.1) is 5.92 Å². The van der Waals surface area contributed by atoms with E-state index in [0.29, 0.717) is 0 Å². The van der Waals surface area contributed by atoms with Crippen molar-refractivity contribution in [3.63, 3.8) is 0 Å². The fraction of sp³-hybridized carbons (Fsp3) is 1.00. The molecule has 1 saturated carbocycles. The fourth-order valence-corrected chi connectivity index (χ4v) is 3.25. The largest absolute Gasteiger partial charge is 0.379 e. The van der Waals surface area contributed by atoms with E-state index in [9.17, 15) is 0 Å². The maximum atomic E-state index is 5.43. The van der Waals surface area contributed by atoms with Crippen molar-refractivity contribution in [2.75, 3.05) is 39.4 Å². The van der Waals surface area contributed by atoms with Gasteiger partial charge in [0, 0.05) is 25.2 Å². The van der Waals surface area contributed by atoms with Gasteiger partial charge in [-0.3, -0.25) is 4.90 Å². The lowest BCUT2D eigenvalue weighted by molar-refractivity contribution is -0.00986. The van der Waals surface area contributed by atoms with Crippen LogP contribution in [-0.2, 0) is 4.74 Å². The zero-order valence-corrected chi connectivity index (χ0v) is 12.2. The summed E-state index contributed by atoms with van der Waals surface area (Å²) in [5.74, 6) is 0.930. The second-order valence-corrected chi connectivity index (χ2v) is 6.55. The van der Waals surface area contributed by atoms with Crippen LogP contribution in [0.3, 0.4) is 0 Å². The summed E-state index contributed by atoms with van der Waals surface area (Å²) in [7, 11) is 0. The smallest absolute Gasteiger partial charge is 0.0594 e. The minimum Gasteiger partial charge on any atom is -0.379 e. The van der Waals surface area contributed by atoms with Crippen LogP contribution in [0.5, 0.6) is 0 Å². The molecule has 1 N–H and O–H groups in total. The Morgan fingerprint density at radius 1 is 1.11 bits per heavy atom. The molecule has 0 aromatic rings. The van der Waals surface area contributed by atoms with E-state index in [4.69, 9.17) is 4.74 Å². The van der Waals surface area contributed by atoms with Gasteiger partial charge in [-0.05, 0) is 39.2 Å². The Bertz CT molecular complexity index is 231. The number of ether oxygens (including phenoxy) is 1. The monoisotopic (exact) mass is 254 g/mol. The van der Waals surface area contributed by atoms with E-state index in [2.05, 4.69) is 24.1 Å². The van der Waals surface area contributed by atoms with E-state index in [0.717, 1.165) is 38.8 Å².